The second-order valence-electron chi connectivity index (χ2n) is 4.01. The number of hydrogen-bond donors (Lipinski definition) is 2. The number of thiophene rings is 1. The smallest absolute Gasteiger partial charge is 0.292 e. The molecule has 0 bridgehead atoms. The van der Waals surface area contributed by atoms with E-state index >= 15 is 0 Å². The second-order valence-corrected chi connectivity index (χ2v) is 4.79. The molecule has 104 valence electrons. The SMILES string of the molecule is O=C(CCNc1ccccc1[N+](=O)[O-])Nc1ccsc1. The Hall–Kier alpha value is -2.41. The van der Waals surface area contributed by atoms with E-state index in [9.17, 15) is 14.9 Å². The minimum absolute atomic E-state index is 0.00532. The van der Waals surface area contributed by atoms with Crippen molar-refractivity contribution in [1.82, 2.24) is 0 Å². The van der Waals surface area contributed by atoms with Gasteiger partial charge in [0.1, 0.15) is 5.69 Å². The molecule has 0 unspecified atom stereocenters. The van der Waals surface area contributed by atoms with Gasteiger partial charge in [-0.1, -0.05) is 12.1 Å². The van der Waals surface area contributed by atoms with E-state index in [1.807, 2.05) is 16.8 Å². The highest BCUT2D eigenvalue weighted by Gasteiger charge is 2.12. The Morgan fingerprint density at radius 1 is 1.30 bits per heavy atom. The zero-order valence-electron chi connectivity index (χ0n) is 10.5. The molecular weight excluding hydrogens is 278 g/mol. The van der Waals surface area contributed by atoms with Gasteiger partial charge in [-0.15, -0.1) is 0 Å². The molecule has 1 amide bonds. The summed E-state index contributed by atoms with van der Waals surface area (Å²) < 4.78 is 0. The average molecular weight is 291 g/mol. The molecule has 1 aromatic carbocycles. The zero-order chi connectivity index (χ0) is 14.4. The number of anilines is 2. The van der Waals surface area contributed by atoms with Gasteiger partial charge in [-0.25, -0.2) is 0 Å². The fourth-order valence-corrected chi connectivity index (χ4v) is 2.24. The van der Waals surface area contributed by atoms with Crippen LogP contribution in [0.4, 0.5) is 17.1 Å². The molecule has 0 saturated heterocycles. The Bertz CT molecular complexity index is 599. The molecule has 0 aliphatic carbocycles. The molecule has 6 nitrogen and oxygen atoms in total. The number of amides is 1. The number of carbonyl (C=O) groups is 1. The van der Waals surface area contributed by atoms with Crippen molar-refractivity contribution in [2.45, 2.75) is 6.42 Å². The number of nitrogens with zero attached hydrogens (tertiary/aromatic N) is 1. The maximum absolute atomic E-state index is 11.6. The van der Waals surface area contributed by atoms with E-state index in [1.165, 1.54) is 17.4 Å². The van der Waals surface area contributed by atoms with E-state index in [0.717, 1.165) is 5.69 Å². The number of hydrogen-bond acceptors (Lipinski definition) is 5. The fraction of sp³-hybridized carbons (Fsp3) is 0.154. The third-order valence-electron chi connectivity index (χ3n) is 2.57. The van der Waals surface area contributed by atoms with Crippen LogP contribution in [0.2, 0.25) is 0 Å². The zero-order valence-corrected chi connectivity index (χ0v) is 11.4. The molecule has 0 spiro atoms. The van der Waals surface area contributed by atoms with Gasteiger partial charge in [0.05, 0.1) is 10.6 Å². The van der Waals surface area contributed by atoms with Gasteiger partial charge in [0.25, 0.3) is 5.69 Å². The number of rotatable bonds is 6. The van der Waals surface area contributed by atoms with Crippen molar-refractivity contribution in [1.29, 1.82) is 0 Å². The third-order valence-corrected chi connectivity index (χ3v) is 3.26. The molecular formula is C13H13N3O3S. The first-order valence-electron chi connectivity index (χ1n) is 5.96. The van der Waals surface area contributed by atoms with E-state index in [2.05, 4.69) is 10.6 Å². The van der Waals surface area contributed by atoms with Crippen LogP contribution >= 0.6 is 11.3 Å². The van der Waals surface area contributed by atoms with E-state index in [1.54, 1.807) is 18.2 Å². The van der Waals surface area contributed by atoms with Crippen molar-refractivity contribution in [3.8, 4) is 0 Å². The minimum atomic E-state index is -0.451. The molecule has 1 heterocycles. The molecule has 0 radical (unpaired) electrons. The highest BCUT2D eigenvalue weighted by Crippen LogP contribution is 2.22. The largest absolute Gasteiger partial charge is 0.379 e. The molecule has 20 heavy (non-hydrogen) atoms. The maximum Gasteiger partial charge on any atom is 0.292 e. The van der Waals surface area contributed by atoms with Crippen LogP contribution in [0.3, 0.4) is 0 Å². The second kappa shape index (κ2) is 6.67. The number of para-hydroxylation sites is 2. The lowest BCUT2D eigenvalue weighted by atomic mass is 10.2. The topological polar surface area (TPSA) is 84.3 Å². The Kier molecular flexibility index (Phi) is 4.67. The van der Waals surface area contributed by atoms with Crippen molar-refractivity contribution < 1.29 is 9.72 Å². The molecule has 0 fully saturated rings. The molecule has 1 aromatic heterocycles. The lowest BCUT2D eigenvalue weighted by Gasteiger charge is -2.07. The lowest BCUT2D eigenvalue weighted by molar-refractivity contribution is -0.384. The van der Waals surface area contributed by atoms with Crippen LogP contribution in [-0.2, 0) is 4.79 Å². The average Bonchev–Trinajstić information content (AvgIpc) is 2.92. The summed E-state index contributed by atoms with van der Waals surface area (Å²) in [5.74, 6) is -0.130. The van der Waals surface area contributed by atoms with Gasteiger partial charge < -0.3 is 10.6 Å². The van der Waals surface area contributed by atoms with Crippen molar-refractivity contribution in [2.75, 3.05) is 17.2 Å². The molecule has 0 atom stereocenters. The van der Waals surface area contributed by atoms with Gasteiger partial charge in [-0.05, 0) is 17.5 Å². The summed E-state index contributed by atoms with van der Waals surface area (Å²) in [5.41, 5.74) is 1.19. The number of nitro benzene ring substituents is 1. The van der Waals surface area contributed by atoms with E-state index in [0.29, 0.717) is 12.2 Å². The summed E-state index contributed by atoms with van der Waals surface area (Å²) in [4.78, 5) is 22.0. The summed E-state index contributed by atoms with van der Waals surface area (Å²) in [5, 5.41) is 20.2. The van der Waals surface area contributed by atoms with Crippen LogP contribution in [0.1, 0.15) is 6.42 Å². The fourth-order valence-electron chi connectivity index (χ4n) is 1.65. The summed E-state index contributed by atoms with van der Waals surface area (Å²) in [6, 6.07) is 8.17. The van der Waals surface area contributed by atoms with Gasteiger partial charge in [-0.3, -0.25) is 14.9 Å². The van der Waals surface area contributed by atoms with E-state index in [-0.39, 0.29) is 18.0 Å². The van der Waals surface area contributed by atoms with Crippen molar-refractivity contribution >= 4 is 34.3 Å². The number of nitro groups is 1. The van der Waals surface area contributed by atoms with E-state index < -0.39 is 4.92 Å². The predicted molar refractivity (Wildman–Crippen MR) is 79.2 cm³/mol. The summed E-state index contributed by atoms with van der Waals surface area (Å²) in [6.07, 6.45) is 0.238. The molecule has 0 saturated carbocycles. The third kappa shape index (κ3) is 3.79. The van der Waals surface area contributed by atoms with Crippen LogP contribution in [-0.4, -0.2) is 17.4 Å². The Morgan fingerprint density at radius 2 is 2.10 bits per heavy atom. The Morgan fingerprint density at radius 3 is 2.80 bits per heavy atom. The van der Waals surface area contributed by atoms with Crippen LogP contribution in [0, 0.1) is 10.1 Å². The van der Waals surface area contributed by atoms with Gasteiger partial charge in [0.15, 0.2) is 0 Å². The van der Waals surface area contributed by atoms with Crippen molar-refractivity contribution in [3.63, 3.8) is 0 Å². The first-order valence-corrected chi connectivity index (χ1v) is 6.90. The highest BCUT2D eigenvalue weighted by atomic mass is 32.1. The molecule has 7 heteroatoms. The maximum atomic E-state index is 11.6. The Balaban J connectivity index is 1.84. The predicted octanol–water partition coefficient (Wildman–Crippen LogP) is 3.10. The molecule has 0 aliphatic heterocycles. The molecule has 2 rings (SSSR count). The Labute approximate surface area is 119 Å². The lowest BCUT2D eigenvalue weighted by Crippen LogP contribution is -2.16. The summed E-state index contributed by atoms with van der Waals surface area (Å²) >= 11 is 1.50. The standard InChI is InChI=1S/C13H13N3O3S/c17-13(15-10-6-8-20-9-10)5-7-14-11-3-1-2-4-12(11)16(18)19/h1-4,6,8-9,14H,5,7H2,(H,15,17). The first kappa shape index (κ1) is 14.0. The highest BCUT2D eigenvalue weighted by molar-refractivity contribution is 7.08. The van der Waals surface area contributed by atoms with Gasteiger partial charge in [0, 0.05) is 24.4 Å². The minimum Gasteiger partial charge on any atom is -0.379 e. The van der Waals surface area contributed by atoms with Crippen molar-refractivity contribution in [2.24, 2.45) is 0 Å². The van der Waals surface area contributed by atoms with Crippen LogP contribution < -0.4 is 10.6 Å². The normalized spacial score (nSPS) is 10.0. The summed E-state index contributed by atoms with van der Waals surface area (Å²) in [7, 11) is 0. The van der Waals surface area contributed by atoms with Crippen LogP contribution in [0.15, 0.2) is 41.1 Å². The molecule has 2 aromatic rings. The number of carbonyl (C=O) groups excluding carboxylic acids is 1. The monoisotopic (exact) mass is 291 g/mol. The van der Waals surface area contributed by atoms with Gasteiger partial charge in [-0.2, -0.15) is 11.3 Å². The molecule has 2 N–H and O–H groups in total. The quantitative estimate of drug-likeness (QED) is 0.632. The van der Waals surface area contributed by atoms with Crippen LogP contribution in [0.5, 0.6) is 0 Å². The van der Waals surface area contributed by atoms with E-state index in [4.69, 9.17) is 0 Å². The van der Waals surface area contributed by atoms with Crippen LogP contribution in [0.25, 0.3) is 0 Å². The van der Waals surface area contributed by atoms with Gasteiger partial charge >= 0.3 is 0 Å². The van der Waals surface area contributed by atoms with Gasteiger partial charge in [0.2, 0.25) is 5.91 Å². The number of benzene rings is 1. The summed E-state index contributed by atoms with van der Waals surface area (Å²) in [6.45, 7) is 0.334. The van der Waals surface area contributed by atoms with Crippen molar-refractivity contribution in [3.05, 3.63) is 51.2 Å². The number of nitrogens with one attached hydrogen (secondary N) is 2. The molecule has 0 aliphatic rings. The first-order chi connectivity index (χ1) is 9.66.